The number of hydrogen-bond donors (Lipinski definition) is 6. The first-order chi connectivity index (χ1) is 23.7. The van der Waals surface area contributed by atoms with Gasteiger partial charge in [-0.25, -0.2) is 9.79 Å². The van der Waals surface area contributed by atoms with Gasteiger partial charge in [-0.15, -0.1) is 0 Å². The molecule has 7 N–H and O–H groups in total. The Morgan fingerprint density at radius 1 is 1.08 bits per heavy atom. The molecule has 51 heavy (non-hydrogen) atoms. The number of fused-ring (bicyclic) bond motifs is 1. The Morgan fingerprint density at radius 2 is 1.76 bits per heavy atom. The summed E-state index contributed by atoms with van der Waals surface area (Å²) in [7, 11) is 0. The first-order valence-electron chi connectivity index (χ1n) is 17.6. The number of nitrogens with zero attached hydrogens (tertiary/aromatic N) is 2. The van der Waals surface area contributed by atoms with Crippen molar-refractivity contribution >= 4 is 35.7 Å². The van der Waals surface area contributed by atoms with Crippen LogP contribution in [0.5, 0.6) is 5.75 Å². The highest BCUT2D eigenvalue weighted by Gasteiger charge is 2.38. The molecule has 0 spiro atoms. The second-order valence-electron chi connectivity index (χ2n) is 15.1. The maximum atomic E-state index is 13.4. The minimum Gasteiger partial charge on any atom is -0.487 e. The summed E-state index contributed by atoms with van der Waals surface area (Å²) in [4.78, 5) is 68.1. The van der Waals surface area contributed by atoms with Gasteiger partial charge < -0.3 is 46.5 Å². The lowest BCUT2D eigenvalue weighted by molar-refractivity contribution is -0.144. The van der Waals surface area contributed by atoms with Crippen molar-refractivity contribution in [3.05, 3.63) is 27.8 Å². The number of carboxylic acid groups (broad SMARTS) is 1. The van der Waals surface area contributed by atoms with Gasteiger partial charge in [0.2, 0.25) is 17.7 Å². The molecule has 2 heterocycles. The molecule has 1 fully saturated rings. The molecule has 0 saturated carbocycles. The average molecular weight is 716 g/mol. The van der Waals surface area contributed by atoms with E-state index in [2.05, 4.69) is 60.9 Å². The fourth-order valence-electron chi connectivity index (χ4n) is 6.42. The van der Waals surface area contributed by atoms with E-state index in [1.807, 2.05) is 0 Å². The molecule has 2 unspecified atom stereocenters. The fourth-order valence-corrected chi connectivity index (χ4v) is 6.42. The number of amides is 4. The van der Waals surface area contributed by atoms with E-state index in [9.17, 15) is 29.1 Å². The molecule has 1 aromatic carbocycles. The molecular formula is C36H57N7O8. The molecular weight excluding hydrogens is 658 g/mol. The predicted octanol–water partition coefficient (Wildman–Crippen LogP) is 2.35. The number of aliphatic carboxylic acids is 1. The summed E-state index contributed by atoms with van der Waals surface area (Å²) in [5.74, 6) is -1.92. The van der Waals surface area contributed by atoms with Crippen LogP contribution in [-0.2, 0) is 36.9 Å². The van der Waals surface area contributed by atoms with Crippen LogP contribution in [0.15, 0.2) is 4.99 Å². The zero-order chi connectivity index (χ0) is 38.3. The number of nitrogens with one attached hydrogen (secondary N) is 4. The number of likely N-dealkylation sites (tertiary alicyclic amines) is 1. The van der Waals surface area contributed by atoms with Gasteiger partial charge in [-0.05, 0) is 103 Å². The lowest BCUT2D eigenvalue weighted by Gasteiger charge is -2.39. The molecule has 2 aliphatic rings. The van der Waals surface area contributed by atoms with E-state index in [0.717, 1.165) is 34.4 Å². The molecule has 0 aliphatic carbocycles. The predicted molar refractivity (Wildman–Crippen MR) is 192 cm³/mol. The van der Waals surface area contributed by atoms with Crippen molar-refractivity contribution in [2.24, 2.45) is 16.6 Å². The third kappa shape index (κ3) is 11.7. The number of guanidine groups is 1. The summed E-state index contributed by atoms with van der Waals surface area (Å²) in [6, 6.07) is -1.61. The van der Waals surface area contributed by atoms with Crippen LogP contribution in [0.3, 0.4) is 0 Å². The third-order valence-corrected chi connectivity index (χ3v) is 9.25. The number of carboxylic acids is 1. The SMILES string of the molecule is CC(=O)NCC(=O)N[C@@H](CCCNC(N)=NCc1c(C)c(C)c2c(c1C)CC(C)(C)O2)C(=O)NCC1CC(C(=O)O)CCN1C(=O)OC(C)(C)C. The topological polar surface area (TPSA) is 214 Å². The second-order valence-corrected chi connectivity index (χ2v) is 15.1. The fraction of sp³-hybridized carbons (Fsp3) is 0.667. The number of ether oxygens (including phenoxy) is 2. The van der Waals surface area contributed by atoms with Gasteiger partial charge in [0.25, 0.3) is 0 Å². The van der Waals surface area contributed by atoms with Crippen molar-refractivity contribution < 1.29 is 38.6 Å². The summed E-state index contributed by atoms with van der Waals surface area (Å²) in [5.41, 5.74) is 10.9. The van der Waals surface area contributed by atoms with Crippen LogP contribution in [0.2, 0.25) is 0 Å². The van der Waals surface area contributed by atoms with Crippen LogP contribution in [0.1, 0.15) is 95.0 Å². The summed E-state index contributed by atoms with van der Waals surface area (Å²) in [5, 5.41) is 20.6. The van der Waals surface area contributed by atoms with E-state index >= 15 is 0 Å². The largest absolute Gasteiger partial charge is 0.487 e. The smallest absolute Gasteiger partial charge is 0.410 e. The van der Waals surface area contributed by atoms with Crippen molar-refractivity contribution in [1.29, 1.82) is 0 Å². The van der Waals surface area contributed by atoms with Gasteiger partial charge in [0, 0.05) is 38.5 Å². The Morgan fingerprint density at radius 3 is 2.39 bits per heavy atom. The Kier molecular flexibility index (Phi) is 13.7. The van der Waals surface area contributed by atoms with Gasteiger partial charge in [0.1, 0.15) is 23.0 Å². The molecule has 284 valence electrons. The first-order valence-corrected chi connectivity index (χ1v) is 17.6. The highest BCUT2D eigenvalue weighted by Crippen LogP contribution is 2.42. The monoisotopic (exact) mass is 715 g/mol. The highest BCUT2D eigenvalue weighted by molar-refractivity contribution is 5.90. The Bertz CT molecular complexity index is 1520. The van der Waals surface area contributed by atoms with Crippen LogP contribution >= 0.6 is 0 Å². The Hall–Kier alpha value is -4.56. The number of hydrogen-bond acceptors (Lipinski definition) is 8. The summed E-state index contributed by atoms with van der Waals surface area (Å²) in [6.45, 7) is 17.4. The summed E-state index contributed by atoms with van der Waals surface area (Å²) in [6.07, 6.45) is 1.26. The van der Waals surface area contributed by atoms with E-state index in [-0.39, 0.29) is 50.5 Å². The van der Waals surface area contributed by atoms with Crippen LogP contribution in [0.25, 0.3) is 0 Å². The molecule has 15 heteroatoms. The molecule has 1 aromatic rings. The van der Waals surface area contributed by atoms with E-state index in [1.54, 1.807) is 20.8 Å². The van der Waals surface area contributed by atoms with Crippen molar-refractivity contribution in [2.45, 2.75) is 124 Å². The quantitative estimate of drug-likeness (QED) is 0.0996. The van der Waals surface area contributed by atoms with E-state index in [1.165, 1.54) is 17.4 Å². The van der Waals surface area contributed by atoms with Crippen molar-refractivity contribution in [3.63, 3.8) is 0 Å². The van der Waals surface area contributed by atoms with Crippen LogP contribution in [0, 0.1) is 26.7 Å². The lowest BCUT2D eigenvalue weighted by Crippen LogP contribution is -2.55. The second kappa shape index (κ2) is 17.1. The van der Waals surface area contributed by atoms with Crippen LogP contribution in [-0.4, -0.2) is 95.2 Å². The van der Waals surface area contributed by atoms with E-state index in [0.29, 0.717) is 19.5 Å². The maximum Gasteiger partial charge on any atom is 0.410 e. The number of piperidine rings is 1. The van der Waals surface area contributed by atoms with Gasteiger partial charge in [0.05, 0.1) is 25.0 Å². The summed E-state index contributed by atoms with van der Waals surface area (Å²) >= 11 is 0. The molecule has 1 saturated heterocycles. The Labute approximate surface area is 300 Å². The number of carbonyl (C=O) groups is 5. The maximum absolute atomic E-state index is 13.4. The van der Waals surface area contributed by atoms with Crippen LogP contribution < -0.4 is 31.7 Å². The standard InChI is InChI=1S/C36H57N7O8/c1-20-21(2)30-26(16-36(8,9)50-30)22(3)27(20)18-41-33(37)38-13-10-11-28(42-29(45)19-39-23(4)44)31(46)40-17-25-15-24(32(47)48)12-14-43(25)34(49)51-35(5,6)7/h24-25,28H,10-19H2,1-9H3,(H,39,44)(H,40,46)(H,42,45)(H,47,48)(H3,37,38,41)/t24?,25?,28-/m0/s1. The van der Waals surface area contributed by atoms with Gasteiger partial charge in [-0.1, -0.05) is 0 Å². The minimum absolute atomic E-state index is 0.0393. The lowest BCUT2D eigenvalue weighted by atomic mass is 9.89. The molecule has 3 rings (SSSR count). The molecule has 0 bridgehead atoms. The average Bonchev–Trinajstić information content (AvgIpc) is 3.37. The zero-order valence-electron chi connectivity index (χ0n) is 31.6. The van der Waals surface area contributed by atoms with Crippen molar-refractivity contribution in [1.82, 2.24) is 26.2 Å². The molecule has 15 nitrogen and oxygen atoms in total. The molecule has 3 atom stereocenters. The normalized spacial score (nSPS) is 18.9. The van der Waals surface area contributed by atoms with Gasteiger partial charge >= 0.3 is 12.1 Å². The minimum atomic E-state index is -0.980. The Balaban J connectivity index is 1.64. The van der Waals surface area contributed by atoms with E-state index < -0.39 is 53.4 Å². The number of benzene rings is 1. The number of rotatable bonds is 13. The van der Waals surface area contributed by atoms with E-state index in [4.69, 9.17) is 15.2 Å². The molecule has 2 aliphatic heterocycles. The van der Waals surface area contributed by atoms with Gasteiger partial charge in [0.15, 0.2) is 5.96 Å². The number of carbonyl (C=O) groups excluding carboxylic acids is 4. The highest BCUT2D eigenvalue weighted by atomic mass is 16.6. The summed E-state index contributed by atoms with van der Waals surface area (Å²) < 4.78 is 11.7. The number of nitrogens with two attached hydrogens (primary N) is 1. The molecule has 4 amide bonds. The van der Waals surface area contributed by atoms with Gasteiger partial charge in [-0.3, -0.25) is 19.2 Å². The first kappa shape index (κ1) is 40.9. The molecule has 0 aromatic heterocycles. The zero-order valence-corrected chi connectivity index (χ0v) is 31.6. The molecule has 0 radical (unpaired) electrons. The van der Waals surface area contributed by atoms with Gasteiger partial charge in [-0.2, -0.15) is 0 Å². The van der Waals surface area contributed by atoms with Crippen LogP contribution in [0.4, 0.5) is 4.79 Å². The number of aliphatic imine (C=N–C) groups is 1. The third-order valence-electron chi connectivity index (χ3n) is 9.25. The van der Waals surface area contributed by atoms with Crippen molar-refractivity contribution in [2.75, 3.05) is 26.2 Å². The van der Waals surface area contributed by atoms with Crippen molar-refractivity contribution in [3.8, 4) is 5.75 Å².